The van der Waals surface area contributed by atoms with E-state index in [1.165, 1.54) is 22.7 Å². The predicted molar refractivity (Wildman–Crippen MR) is 125 cm³/mol. The molecule has 2 aromatic carbocycles. The van der Waals surface area contributed by atoms with Crippen LogP contribution in [0.1, 0.15) is 22.4 Å². The third-order valence-corrected chi connectivity index (χ3v) is 6.72. The summed E-state index contributed by atoms with van der Waals surface area (Å²) in [6.07, 6.45) is 1.72. The zero-order valence-corrected chi connectivity index (χ0v) is 18.3. The van der Waals surface area contributed by atoms with Crippen LogP contribution in [-0.4, -0.2) is 27.5 Å². The molecule has 0 bridgehead atoms. The lowest BCUT2D eigenvalue weighted by Crippen LogP contribution is -2.30. The Hall–Kier alpha value is -3.36. The molecule has 3 aromatic heterocycles. The monoisotopic (exact) mass is 446 g/mol. The maximum absolute atomic E-state index is 13.6. The summed E-state index contributed by atoms with van der Waals surface area (Å²) in [5.41, 5.74) is 2.43. The van der Waals surface area contributed by atoms with E-state index in [4.69, 9.17) is 9.72 Å². The van der Waals surface area contributed by atoms with Gasteiger partial charge in [0, 0.05) is 6.20 Å². The number of anilines is 1. The van der Waals surface area contributed by atoms with E-state index in [2.05, 4.69) is 9.97 Å². The Morgan fingerprint density at radius 2 is 1.81 bits per heavy atom. The van der Waals surface area contributed by atoms with Crippen LogP contribution in [0, 0.1) is 0 Å². The minimum absolute atomic E-state index is 0.184. The van der Waals surface area contributed by atoms with Crippen LogP contribution < -0.4 is 9.64 Å². The fraction of sp³-hybridized carbons (Fsp3) is 0.130. The molecule has 8 heteroatoms. The number of nitrogens with zero attached hydrogens (tertiary/aromatic N) is 4. The first kappa shape index (κ1) is 19.6. The quantitative estimate of drug-likeness (QED) is 0.342. The summed E-state index contributed by atoms with van der Waals surface area (Å²) in [4.78, 5) is 28.9. The second-order valence-electron chi connectivity index (χ2n) is 6.76. The molecule has 3 heterocycles. The van der Waals surface area contributed by atoms with Gasteiger partial charge in [-0.25, -0.2) is 9.97 Å². The van der Waals surface area contributed by atoms with Crippen molar-refractivity contribution in [2.24, 2.45) is 0 Å². The highest BCUT2D eigenvalue weighted by molar-refractivity contribution is 7.23. The number of benzene rings is 2. The highest BCUT2D eigenvalue weighted by atomic mass is 32.1. The third kappa shape index (κ3) is 3.99. The number of aromatic nitrogens is 3. The van der Waals surface area contributed by atoms with E-state index in [0.29, 0.717) is 23.3 Å². The molecule has 0 radical (unpaired) electrons. The maximum Gasteiger partial charge on any atom is 0.289 e. The van der Waals surface area contributed by atoms with E-state index in [-0.39, 0.29) is 5.91 Å². The fourth-order valence-electron chi connectivity index (χ4n) is 3.22. The highest BCUT2D eigenvalue weighted by Crippen LogP contribution is 2.34. The molecule has 0 fully saturated rings. The molecule has 0 N–H and O–H groups in total. The molecule has 1 amide bonds. The standard InChI is InChI=1S/C23H18N4O2S2/c1-2-29-16-10-11-18-20(13-16)31-23(26-18)27(14-15-7-5-6-12-24-15)22(28)21-25-17-8-3-4-9-19(17)30-21/h3-13H,2,14H2,1H3. The van der Waals surface area contributed by atoms with Crippen molar-refractivity contribution in [3.63, 3.8) is 0 Å². The molecule has 31 heavy (non-hydrogen) atoms. The van der Waals surface area contributed by atoms with Gasteiger partial charge in [-0.15, -0.1) is 11.3 Å². The van der Waals surface area contributed by atoms with Crippen molar-refractivity contribution in [3.05, 3.63) is 77.6 Å². The van der Waals surface area contributed by atoms with Gasteiger partial charge in [0.15, 0.2) is 10.1 Å². The van der Waals surface area contributed by atoms with Gasteiger partial charge in [-0.3, -0.25) is 14.7 Å². The summed E-state index contributed by atoms with van der Waals surface area (Å²) in [5, 5.41) is 1.05. The van der Waals surface area contributed by atoms with Crippen LogP contribution in [0.25, 0.3) is 20.4 Å². The topological polar surface area (TPSA) is 68.2 Å². The zero-order chi connectivity index (χ0) is 21.2. The van der Waals surface area contributed by atoms with Gasteiger partial charge < -0.3 is 4.74 Å². The van der Waals surface area contributed by atoms with Crippen LogP contribution in [0.4, 0.5) is 5.13 Å². The first-order chi connectivity index (χ1) is 15.2. The molecule has 0 aliphatic rings. The highest BCUT2D eigenvalue weighted by Gasteiger charge is 2.25. The number of pyridine rings is 1. The van der Waals surface area contributed by atoms with Crippen LogP contribution >= 0.6 is 22.7 Å². The van der Waals surface area contributed by atoms with Gasteiger partial charge >= 0.3 is 0 Å². The van der Waals surface area contributed by atoms with Gasteiger partial charge in [0.25, 0.3) is 5.91 Å². The van der Waals surface area contributed by atoms with E-state index in [1.54, 1.807) is 11.1 Å². The normalized spacial score (nSPS) is 11.1. The number of fused-ring (bicyclic) bond motifs is 2. The van der Waals surface area contributed by atoms with Gasteiger partial charge in [-0.2, -0.15) is 0 Å². The lowest BCUT2D eigenvalue weighted by molar-refractivity contribution is 0.0984. The van der Waals surface area contributed by atoms with Gasteiger partial charge in [0.05, 0.1) is 39.3 Å². The second-order valence-corrected chi connectivity index (χ2v) is 8.80. The Labute approximate surface area is 186 Å². The van der Waals surface area contributed by atoms with Crippen LogP contribution in [0.3, 0.4) is 0 Å². The van der Waals surface area contributed by atoms with Crippen LogP contribution in [0.15, 0.2) is 66.9 Å². The summed E-state index contributed by atoms with van der Waals surface area (Å²) >= 11 is 2.85. The van der Waals surface area contributed by atoms with Crippen molar-refractivity contribution in [1.29, 1.82) is 0 Å². The number of amides is 1. The van der Waals surface area contributed by atoms with Crippen LogP contribution in [0.5, 0.6) is 5.75 Å². The Kier molecular flexibility index (Phi) is 5.31. The molecule has 0 atom stereocenters. The van der Waals surface area contributed by atoms with Crippen molar-refractivity contribution in [2.45, 2.75) is 13.5 Å². The average molecular weight is 447 g/mol. The molecule has 0 spiro atoms. The van der Waals surface area contributed by atoms with E-state index in [0.717, 1.165) is 31.9 Å². The number of ether oxygens (including phenoxy) is 1. The summed E-state index contributed by atoms with van der Waals surface area (Å²) in [6, 6.07) is 19.2. The predicted octanol–water partition coefficient (Wildman–Crippen LogP) is 5.55. The molecular weight excluding hydrogens is 428 g/mol. The van der Waals surface area contributed by atoms with Crippen LogP contribution in [0.2, 0.25) is 0 Å². The Bertz CT molecular complexity index is 1330. The van der Waals surface area contributed by atoms with Gasteiger partial charge in [0.2, 0.25) is 0 Å². The number of carbonyl (C=O) groups is 1. The average Bonchev–Trinajstić information content (AvgIpc) is 3.42. The van der Waals surface area contributed by atoms with Crippen molar-refractivity contribution in [1.82, 2.24) is 15.0 Å². The largest absolute Gasteiger partial charge is 0.494 e. The van der Waals surface area contributed by atoms with Gasteiger partial charge in [-0.1, -0.05) is 29.5 Å². The Morgan fingerprint density at radius 3 is 2.61 bits per heavy atom. The summed E-state index contributed by atoms with van der Waals surface area (Å²) in [5.74, 6) is 0.606. The zero-order valence-electron chi connectivity index (χ0n) is 16.7. The van der Waals surface area contributed by atoms with E-state index in [9.17, 15) is 4.79 Å². The van der Waals surface area contributed by atoms with E-state index in [1.807, 2.05) is 67.6 Å². The summed E-state index contributed by atoms with van der Waals surface area (Å²) < 4.78 is 7.55. The molecular formula is C23H18N4O2S2. The summed E-state index contributed by atoms with van der Waals surface area (Å²) in [6.45, 7) is 2.86. The number of thiazole rings is 2. The van der Waals surface area contributed by atoms with Crippen molar-refractivity contribution >= 4 is 54.1 Å². The third-order valence-electron chi connectivity index (χ3n) is 4.66. The molecule has 0 saturated carbocycles. The number of rotatable bonds is 6. The summed E-state index contributed by atoms with van der Waals surface area (Å²) in [7, 11) is 0. The molecule has 0 saturated heterocycles. The first-order valence-electron chi connectivity index (χ1n) is 9.82. The molecule has 0 unspecified atom stereocenters. The SMILES string of the molecule is CCOc1ccc2nc(N(Cc3ccccn3)C(=O)c3nc4ccccc4s3)sc2c1. The van der Waals surface area contributed by atoms with Gasteiger partial charge in [-0.05, 0) is 49.4 Å². The van der Waals surface area contributed by atoms with Gasteiger partial charge in [0.1, 0.15) is 5.75 Å². The van der Waals surface area contributed by atoms with E-state index >= 15 is 0 Å². The molecule has 6 nitrogen and oxygen atoms in total. The minimum atomic E-state index is -0.184. The van der Waals surface area contributed by atoms with Crippen molar-refractivity contribution in [3.8, 4) is 5.75 Å². The minimum Gasteiger partial charge on any atom is -0.494 e. The Morgan fingerprint density at radius 1 is 0.968 bits per heavy atom. The number of para-hydroxylation sites is 1. The fourth-order valence-corrected chi connectivity index (χ4v) is 5.13. The van der Waals surface area contributed by atoms with E-state index < -0.39 is 0 Å². The number of hydrogen-bond donors (Lipinski definition) is 0. The first-order valence-corrected chi connectivity index (χ1v) is 11.5. The molecule has 0 aliphatic heterocycles. The smallest absolute Gasteiger partial charge is 0.289 e. The van der Waals surface area contributed by atoms with Crippen molar-refractivity contribution in [2.75, 3.05) is 11.5 Å². The number of hydrogen-bond acceptors (Lipinski definition) is 7. The van der Waals surface area contributed by atoms with Crippen LogP contribution in [-0.2, 0) is 6.54 Å². The molecule has 0 aliphatic carbocycles. The Balaban J connectivity index is 1.56. The molecule has 154 valence electrons. The second kappa shape index (κ2) is 8.41. The molecule has 5 aromatic rings. The molecule has 5 rings (SSSR count). The maximum atomic E-state index is 13.6. The number of carbonyl (C=O) groups excluding carboxylic acids is 1. The lowest BCUT2D eigenvalue weighted by Gasteiger charge is -2.18. The van der Waals surface area contributed by atoms with Crippen molar-refractivity contribution < 1.29 is 9.53 Å². The lowest BCUT2D eigenvalue weighted by atomic mass is 10.3.